The molecule has 3 heterocycles. The van der Waals surface area contributed by atoms with E-state index in [1.54, 1.807) is 6.07 Å². The number of hydrogen-bond acceptors (Lipinski definition) is 4. The number of anilines is 1. The molecule has 2 aromatic heterocycles. The largest absolute Gasteiger partial charge is 0.357 e. The number of carbonyl (C=O) groups is 1. The smallest absolute Gasteiger partial charge is 0.274 e. The summed E-state index contributed by atoms with van der Waals surface area (Å²) in [6, 6.07) is 6.26. The van der Waals surface area contributed by atoms with Gasteiger partial charge in [-0.25, -0.2) is 4.39 Å². The molecular weight excluding hydrogens is 371 g/mol. The lowest BCUT2D eigenvalue weighted by Crippen LogP contribution is -2.31. The highest BCUT2D eigenvalue weighted by molar-refractivity contribution is 6.30. The van der Waals surface area contributed by atoms with Crippen LogP contribution in [-0.2, 0) is 4.79 Å². The van der Waals surface area contributed by atoms with Crippen molar-refractivity contribution < 1.29 is 13.7 Å². The summed E-state index contributed by atoms with van der Waals surface area (Å²) in [5, 5.41) is 4.36. The topological polar surface area (TPSA) is 75.0 Å². The lowest BCUT2D eigenvalue weighted by Gasteiger charge is -2.21. The summed E-state index contributed by atoms with van der Waals surface area (Å²) in [7, 11) is 0. The molecule has 0 radical (unpaired) electrons. The molecule has 1 unspecified atom stereocenters. The zero-order valence-electron chi connectivity index (χ0n) is 14.7. The standard InChI is InChI=1S/C19H18ClFN4O2/c1-11-7-15(22-10-11)19-23-18(24-27-19)12-3-2-6-25(17(26)8-12)16-5-4-13(20)9-14(16)21/h4-5,7,9-10,12,22H,2-3,6,8H2,1H3. The molecule has 1 atom stereocenters. The summed E-state index contributed by atoms with van der Waals surface area (Å²) in [6.45, 7) is 2.40. The molecule has 1 aromatic carbocycles. The molecule has 1 aliphatic rings. The van der Waals surface area contributed by atoms with Crippen LogP contribution in [-0.4, -0.2) is 27.6 Å². The minimum absolute atomic E-state index is 0.161. The minimum Gasteiger partial charge on any atom is -0.357 e. The zero-order chi connectivity index (χ0) is 19.0. The number of hydrogen-bond donors (Lipinski definition) is 1. The van der Waals surface area contributed by atoms with Crippen LogP contribution in [0.15, 0.2) is 35.0 Å². The van der Waals surface area contributed by atoms with Gasteiger partial charge in [0.05, 0.1) is 5.69 Å². The molecule has 4 rings (SSSR count). The molecule has 0 aliphatic carbocycles. The summed E-state index contributed by atoms with van der Waals surface area (Å²) >= 11 is 5.81. The summed E-state index contributed by atoms with van der Waals surface area (Å²) < 4.78 is 19.6. The van der Waals surface area contributed by atoms with E-state index in [1.165, 1.54) is 17.0 Å². The van der Waals surface area contributed by atoms with E-state index in [2.05, 4.69) is 15.1 Å². The Bertz CT molecular complexity index is 984. The molecule has 0 bridgehead atoms. The van der Waals surface area contributed by atoms with E-state index in [9.17, 15) is 9.18 Å². The molecule has 1 fully saturated rings. The number of nitrogens with one attached hydrogen (secondary N) is 1. The van der Waals surface area contributed by atoms with Crippen LogP contribution in [0.25, 0.3) is 11.6 Å². The van der Waals surface area contributed by atoms with Gasteiger partial charge in [0.15, 0.2) is 5.82 Å². The van der Waals surface area contributed by atoms with Gasteiger partial charge in [-0.15, -0.1) is 0 Å². The number of H-pyrrole nitrogens is 1. The van der Waals surface area contributed by atoms with Gasteiger partial charge in [0.1, 0.15) is 11.5 Å². The second-order valence-corrected chi connectivity index (χ2v) is 7.17. The minimum atomic E-state index is -0.502. The van der Waals surface area contributed by atoms with Gasteiger partial charge < -0.3 is 14.4 Å². The molecule has 1 saturated heterocycles. The van der Waals surface area contributed by atoms with Gasteiger partial charge >= 0.3 is 0 Å². The molecule has 27 heavy (non-hydrogen) atoms. The first-order valence-electron chi connectivity index (χ1n) is 8.75. The molecule has 8 heteroatoms. The van der Waals surface area contributed by atoms with Gasteiger partial charge in [-0.3, -0.25) is 4.79 Å². The Morgan fingerprint density at radius 1 is 1.37 bits per heavy atom. The summed E-state index contributed by atoms with van der Waals surface area (Å²) in [5.41, 5.74) is 2.06. The van der Waals surface area contributed by atoms with Crippen molar-refractivity contribution in [3.63, 3.8) is 0 Å². The Morgan fingerprint density at radius 3 is 2.96 bits per heavy atom. The molecule has 1 amide bonds. The van der Waals surface area contributed by atoms with E-state index in [0.29, 0.717) is 29.7 Å². The summed E-state index contributed by atoms with van der Waals surface area (Å²) in [6.07, 6.45) is 3.49. The molecule has 140 valence electrons. The maximum Gasteiger partial charge on any atom is 0.274 e. The molecule has 0 spiro atoms. The Morgan fingerprint density at radius 2 is 2.22 bits per heavy atom. The average Bonchev–Trinajstić information content (AvgIpc) is 3.23. The second-order valence-electron chi connectivity index (χ2n) is 6.73. The van der Waals surface area contributed by atoms with Crippen molar-refractivity contribution in [3.8, 4) is 11.6 Å². The fourth-order valence-electron chi connectivity index (χ4n) is 3.36. The quantitative estimate of drug-likeness (QED) is 0.718. The van der Waals surface area contributed by atoms with E-state index in [-0.39, 0.29) is 23.9 Å². The van der Waals surface area contributed by atoms with Crippen LogP contribution in [0.1, 0.15) is 36.6 Å². The lowest BCUT2D eigenvalue weighted by molar-refractivity contribution is -0.118. The van der Waals surface area contributed by atoms with E-state index < -0.39 is 5.82 Å². The number of amides is 1. The van der Waals surface area contributed by atoms with E-state index in [0.717, 1.165) is 17.7 Å². The molecule has 1 N–H and O–H groups in total. The van der Waals surface area contributed by atoms with E-state index >= 15 is 0 Å². The lowest BCUT2D eigenvalue weighted by atomic mass is 10.00. The first kappa shape index (κ1) is 17.7. The molecule has 3 aromatic rings. The predicted molar refractivity (Wildman–Crippen MR) is 99.2 cm³/mol. The number of benzene rings is 1. The van der Waals surface area contributed by atoms with Crippen LogP contribution in [0.5, 0.6) is 0 Å². The van der Waals surface area contributed by atoms with Crippen molar-refractivity contribution in [2.24, 2.45) is 0 Å². The third-order valence-corrected chi connectivity index (χ3v) is 4.96. The third kappa shape index (κ3) is 3.60. The molecule has 0 saturated carbocycles. The Hall–Kier alpha value is -2.67. The van der Waals surface area contributed by atoms with Crippen molar-refractivity contribution in [2.45, 2.75) is 32.1 Å². The molecule has 6 nitrogen and oxygen atoms in total. The van der Waals surface area contributed by atoms with Crippen LogP contribution >= 0.6 is 11.6 Å². The third-order valence-electron chi connectivity index (χ3n) is 4.72. The summed E-state index contributed by atoms with van der Waals surface area (Å²) in [4.78, 5) is 21.7. The van der Waals surface area contributed by atoms with Gasteiger partial charge in [-0.1, -0.05) is 16.8 Å². The van der Waals surface area contributed by atoms with E-state index in [4.69, 9.17) is 16.1 Å². The predicted octanol–water partition coefficient (Wildman–Crippen LogP) is 4.47. The van der Waals surface area contributed by atoms with Gasteiger partial charge in [0, 0.05) is 30.1 Å². The maximum atomic E-state index is 14.2. The second kappa shape index (κ2) is 7.15. The van der Waals surface area contributed by atoms with Crippen LogP contribution in [0.2, 0.25) is 5.02 Å². The SMILES string of the molecule is Cc1c[nH]c(-c2nc(C3CCCN(c4ccc(Cl)cc4F)C(=O)C3)no2)c1. The number of aromatic nitrogens is 3. The number of halogens is 2. The highest BCUT2D eigenvalue weighted by Crippen LogP contribution is 2.32. The molecule has 1 aliphatic heterocycles. The number of aryl methyl sites for hydroxylation is 1. The monoisotopic (exact) mass is 388 g/mol. The fraction of sp³-hybridized carbons (Fsp3) is 0.316. The van der Waals surface area contributed by atoms with Crippen molar-refractivity contribution in [1.29, 1.82) is 0 Å². The number of carbonyl (C=O) groups excluding carboxylic acids is 1. The number of nitrogens with zero attached hydrogens (tertiary/aromatic N) is 3. The number of rotatable bonds is 3. The first-order valence-corrected chi connectivity index (χ1v) is 9.13. The maximum absolute atomic E-state index is 14.2. The first-order chi connectivity index (χ1) is 13.0. The van der Waals surface area contributed by atoms with Crippen molar-refractivity contribution in [3.05, 3.63) is 52.7 Å². The van der Waals surface area contributed by atoms with Crippen LogP contribution in [0.4, 0.5) is 10.1 Å². The van der Waals surface area contributed by atoms with Crippen LogP contribution < -0.4 is 4.90 Å². The highest BCUT2D eigenvalue weighted by atomic mass is 35.5. The Kier molecular flexibility index (Phi) is 4.70. The van der Waals surface area contributed by atoms with Crippen LogP contribution in [0, 0.1) is 12.7 Å². The number of aromatic amines is 1. The van der Waals surface area contributed by atoms with E-state index in [1.807, 2.05) is 19.2 Å². The fourth-order valence-corrected chi connectivity index (χ4v) is 3.51. The normalized spacial score (nSPS) is 18.0. The average molecular weight is 389 g/mol. The summed E-state index contributed by atoms with van der Waals surface area (Å²) in [5.74, 6) is 0.0740. The van der Waals surface area contributed by atoms with Gasteiger partial charge in [-0.05, 0) is 49.6 Å². The van der Waals surface area contributed by atoms with Gasteiger partial charge in [0.2, 0.25) is 5.91 Å². The van der Waals surface area contributed by atoms with Gasteiger partial charge in [0.25, 0.3) is 5.89 Å². The molecular formula is C19H18ClFN4O2. The Balaban J connectivity index is 1.54. The van der Waals surface area contributed by atoms with Gasteiger partial charge in [-0.2, -0.15) is 4.98 Å². The Labute approximate surface area is 160 Å². The van der Waals surface area contributed by atoms with Crippen molar-refractivity contribution in [2.75, 3.05) is 11.4 Å². The highest BCUT2D eigenvalue weighted by Gasteiger charge is 2.30. The van der Waals surface area contributed by atoms with Crippen LogP contribution in [0.3, 0.4) is 0 Å². The zero-order valence-corrected chi connectivity index (χ0v) is 15.5. The van der Waals surface area contributed by atoms with Crippen molar-refractivity contribution in [1.82, 2.24) is 15.1 Å². The van der Waals surface area contributed by atoms with Crippen molar-refractivity contribution >= 4 is 23.2 Å².